The van der Waals surface area contributed by atoms with Gasteiger partial charge in [-0.05, 0) is 0 Å². The van der Waals surface area contributed by atoms with Gasteiger partial charge in [-0.3, -0.25) is 0 Å². The Morgan fingerprint density at radius 2 is 1.75 bits per heavy atom. The number of esters is 2. The molecule has 0 aromatic rings. The van der Waals surface area contributed by atoms with Gasteiger partial charge in [0.05, 0.1) is 6.42 Å². The van der Waals surface area contributed by atoms with Crippen molar-refractivity contribution in [2.24, 2.45) is 0 Å². The average molecular weight is 113 g/mol. The third-order valence-electron chi connectivity index (χ3n) is 0.850. The van der Waals surface area contributed by atoms with Gasteiger partial charge in [0, 0.05) is 0 Å². The molecule has 0 spiro atoms. The lowest BCUT2D eigenvalue weighted by Crippen LogP contribution is -2.17. The molecule has 0 saturated carbocycles. The molecule has 1 aliphatic rings. The van der Waals surface area contributed by atoms with Crippen LogP contribution in [0.1, 0.15) is 12.8 Å². The van der Waals surface area contributed by atoms with Crippen LogP contribution in [0.15, 0.2) is 0 Å². The number of ether oxygens (including phenoxy) is 1. The van der Waals surface area contributed by atoms with E-state index in [0.717, 1.165) is 0 Å². The van der Waals surface area contributed by atoms with E-state index in [2.05, 4.69) is 4.74 Å². The zero-order valence-corrected chi connectivity index (χ0v) is 4.22. The quantitative estimate of drug-likeness (QED) is 0.253. The van der Waals surface area contributed by atoms with Crippen molar-refractivity contribution in [3.8, 4) is 0 Å². The summed E-state index contributed by atoms with van der Waals surface area (Å²) in [5.41, 5.74) is 0. The topological polar surface area (TPSA) is 43.4 Å². The van der Waals surface area contributed by atoms with Crippen LogP contribution in [0.25, 0.3) is 0 Å². The molecule has 0 radical (unpaired) electrons. The molecule has 42 valence electrons. The van der Waals surface area contributed by atoms with Crippen LogP contribution < -0.4 is 0 Å². The number of carbonyl (C=O) groups excluding carboxylic acids is 2. The molecule has 1 aliphatic heterocycles. The molecule has 0 amide bonds. The Bertz CT molecular complexity index is 114. The largest absolute Gasteiger partial charge is 0.387 e. The molecular formula is C5H5O3+. The first kappa shape index (κ1) is 5.15. The highest BCUT2D eigenvalue weighted by atomic mass is 16.6. The fourth-order valence-corrected chi connectivity index (χ4v) is 0.518. The van der Waals surface area contributed by atoms with Crippen molar-refractivity contribution in [1.29, 1.82) is 0 Å². The van der Waals surface area contributed by atoms with Gasteiger partial charge in [0.1, 0.15) is 0 Å². The second kappa shape index (κ2) is 1.86. The van der Waals surface area contributed by atoms with Crippen molar-refractivity contribution in [3.05, 3.63) is 6.42 Å². The van der Waals surface area contributed by atoms with Crippen molar-refractivity contribution in [1.82, 2.24) is 0 Å². The van der Waals surface area contributed by atoms with Gasteiger partial charge in [0.25, 0.3) is 0 Å². The number of cyclic esters (lactones) is 2. The Labute approximate surface area is 46.6 Å². The van der Waals surface area contributed by atoms with Crippen LogP contribution in [0.3, 0.4) is 0 Å². The van der Waals surface area contributed by atoms with Crippen LogP contribution in [0.4, 0.5) is 0 Å². The lowest BCUT2D eigenvalue weighted by Gasteiger charge is -1.99. The molecule has 1 saturated heterocycles. The second-order valence-electron chi connectivity index (χ2n) is 1.54. The van der Waals surface area contributed by atoms with Crippen molar-refractivity contribution in [2.45, 2.75) is 12.8 Å². The van der Waals surface area contributed by atoms with Crippen LogP contribution in [0.5, 0.6) is 0 Å². The molecule has 1 fully saturated rings. The van der Waals surface area contributed by atoms with Crippen LogP contribution >= 0.6 is 0 Å². The maximum atomic E-state index is 10.2. The van der Waals surface area contributed by atoms with Crippen molar-refractivity contribution < 1.29 is 14.3 Å². The summed E-state index contributed by atoms with van der Waals surface area (Å²) >= 11 is 0. The Morgan fingerprint density at radius 1 is 1.25 bits per heavy atom. The summed E-state index contributed by atoms with van der Waals surface area (Å²) < 4.78 is 4.18. The standard InChI is InChI=1S/C5H5O3/c6-4-2-1-3-5(7)8-4/h1H,2-3H2/q+1. The first-order valence-electron chi connectivity index (χ1n) is 2.34. The molecule has 8 heavy (non-hydrogen) atoms. The van der Waals surface area contributed by atoms with Gasteiger partial charge in [-0.1, -0.05) is 0 Å². The lowest BCUT2D eigenvalue weighted by molar-refractivity contribution is -0.161. The summed E-state index contributed by atoms with van der Waals surface area (Å²) in [6, 6.07) is 0. The van der Waals surface area contributed by atoms with Crippen LogP contribution in [-0.2, 0) is 14.3 Å². The van der Waals surface area contributed by atoms with E-state index in [-0.39, 0.29) is 12.8 Å². The number of hydrogen-bond donors (Lipinski definition) is 0. The van der Waals surface area contributed by atoms with Gasteiger partial charge < -0.3 is 4.74 Å². The van der Waals surface area contributed by atoms with Crippen molar-refractivity contribution in [3.63, 3.8) is 0 Å². The smallest absolute Gasteiger partial charge is 0.359 e. The molecule has 3 nitrogen and oxygen atoms in total. The molecule has 1 heterocycles. The minimum Gasteiger partial charge on any atom is -0.387 e. The highest BCUT2D eigenvalue weighted by Crippen LogP contribution is 2.04. The van der Waals surface area contributed by atoms with E-state index in [9.17, 15) is 9.59 Å². The third kappa shape index (κ3) is 0.992. The third-order valence-corrected chi connectivity index (χ3v) is 0.850. The molecule has 3 heteroatoms. The van der Waals surface area contributed by atoms with E-state index >= 15 is 0 Å². The summed E-state index contributed by atoms with van der Waals surface area (Å²) in [5.74, 6) is -0.887. The van der Waals surface area contributed by atoms with Crippen molar-refractivity contribution >= 4 is 11.9 Å². The molecule has 0 atom stereocenters. The van der Waals surface area contributed by atoms with Crippen molar-refractivity contribution in [2.75, 3.05) is 0 Å². The van der Waals surface area contributed by atoms with Gasteiger partial charge >= 0.3 is 11.9 Å². The molecule has 0 bridgehead atoms. The minimum atomic E-state index is -0.443. The maximum Gasteiger partial charge on any atom is 0.359 e. The first-order chi connectivity index (χ1) is 3.79. The van der Waals surface area contributed by atoms with Crippen LogP contribution in [0.2, 0.25) is 0 Å². The molecular weight excluding hydrogens is 108 g/mol. The molecule has 0 N–H and O–H groups in total. The van der Waals surface area contributed by atoms with Gasteiger partial charge in [-0.2, -0.15) is 0 Å². The lowest BCUT2D eigenvalue weighted by atomic mass is 10.2. The van der Waals surface area contributed by atoms with Gasteiger partial charge in [-0.25, -0.2) is 9.59 Å². The molecule has 0 unspecified atom stereocenters. The average Bonchev–Trinajstić information content (AvgIpc) is 1.64. The Hall–Kier alpha value is -0.990. The zero-order valence-electron chi connectivity index (χ0n) is 4.22. The maximum absolute atomic E-state index is 10.2. The normalized spacial score (nSPS) is 19.5. The van der Waals surface area contributed by atoms with E-state index in [4.69, 9.17) is 0 Å². The van der Waals surface area contributed by atoms with E-state index < -0.39 is 11.9 Å². The molecule has 0 aliphatic carbocycles. The van der Waals surface area contributed by atoms with Gasteiger partial charge in [-0.15, -0.1) is 0 Å². The number of hydrogen-bond acceptors (Lipinski definition) is 3. The fourth-order valence-electron chi connectivity index (χ4n) is 0.518. The summed E-state index contributed by atoms with van der Waals surface area (Å²) in [4.78, 5) is 20.4. The molecule has 1 rings (SSSR count). The van der Waals surface area contributed by atoms with E-state index in [1.807, 2.05) is 0 Å². The number of rotatable bonds is 0. The Kier molecular flexibility index (Phi) is 1.20. The van der Waals surface area contributed by atoms with Gasteiger partial charge in [0.2, 0.25) is 0 Å². The Balaban J connectivity index is 2.45. The summed E-state index contributed by atoms with van der Waals surface area (Å²) in [6.07, 6.45) is 2.14. The van der Waals surface area contributed by atoms with Crippen LogP contribution in [0, 0.1) is 6.42 Å². The second-order valence-corrected chi connectivity index (χ2v) is 1.54. The highest BCUT2D eigenvalue weighted by Gasteiger charge is 2.23. The number of carbonyl (C=O) groups is 2. The monoisotopic (exact) mass is 113 g/mol. The first-order valence-corrected chi connectivity index (χ1v) is 2.34. The SMILES string of the molecule is O=C1C[CH+]CC(=O)O1. The summed E-state index contributed by atoms with van der Waals surface area (Å²) in [7, 11) is 0. The summed E-state index contributed by atoms with van der Waals surface area (Å²) in [6.45, 7) is 0. The minimum absolute atomic E-state index is 0.270. The zero-order chi connectivity index (χ0) is 5.98. The molecule has 0 aromatic heterocycles. The fraction of sp³-hybridized carbons (Fsp3) is 0.400. The highest BCUT2D eigenvalue weighted by molar-refractivity contribution is 5.89. The predicted molar refractivity (Wildman–Crippen MR) is 24.6 cm³/mol. The van der Waals surface area contributed by atoms with E-state index in [1.54, 1.807) is 6.42 Å². The summed E-state index contributed by atoms with van der Waals surface area (Å²) in [5, 5.41) is 0. The van der Waals surface area contributed by atoms with E-state index in [1.165, 1.54) is 0 Å². The Morgan fingerprint density at radius 3 is 2.00 bits per heavy atom. The molecule has 0 aromatic carbocycles. The van der Waals surface area contributed by atoms with Gasteiger partial charge in [0.15, 0.2) is 12.8 Å². The predicted octanol–water partition coefficient (Wildman–Crippen LogP) is 0.0543. The van der Waals surface area contributed by atoms with Crippen LogP contribution in [-0.4, -0.2) is 11.9 Å². The van der Waals surface area contributed by atoms with E-state index in [0.29, 0.717) is 0 Å².